The number of methoxy groups -OCH3 is 2. The molecule has 94 valence electrons. The van der Waals surface area contributed by atoms with Gasteiger partial charge in [0.05, 0.1) is 14.2 Å². The fourth-order valence-corrected chi connectivity index (χ4v) is 1.81. The highest BCUT2D eigenvalue weighted by atomic mass is 16.5. The molecule has 0 fully saturated rings. The summed E-state index contributed by atoms with van der Waals surface area (Å²) in [4.78, 5) is 0. The molecule has 0 heterocycles. The third-order valence-electron chi connectivity index (χ3n) is 2.74. The minimum absolute atomic E-state index is 0.734. The van der Waals surface area contributed by atoms with E-state index >= 15 is 0 Å². The van der Waals surface area contributed by atoms with Gasteiger partial charge in [0, 0.05) is 6.54 Å². The quantitative estimate of drug-likeness (QED) is 0.873. The Morgan fingerprint density at radius 3 is 2.00 bits per heavy atom. The van der Waals surface area contributed by atoms with E-state index in [1.54, 1.807) is 14.2 Å². The monoisotopic (exact) mass is 243 g/mol. The Bertz CT molecular complexity index is 475. The van der Waals surface area contributed by atoms with Crippen LogP contribution >= 0.6 is 0 Å². The van der Waals surface area contributed by atoms with E-state index in [4.69, 9.17) is 9.47 Å². The van der Waals surface area contributed by atoms with Crippen molar-refractivity contribution in [2.45, 2.75) is 6.54 Å². The fraction of sp³-hybridized carbons (Fsp3) is 0.200. The van der Waals surface area contributed by atoms with Gasteiger partial charge in [-0.25, -0.2) is 0 Å². The average molecular weight is 243 g/mol. The Hall–Kier alpha value is -2.16. The van der Waals surface area contributed by atoms with Gasteiger partial charge in [-0.2, -0.15) is 0 Å². The van der Waals surface area contributed by atoms with Gasteiger partial charge < -0.3 is 14.8 Å². The van der Waals surface area contributed by atoms with Crippen LogP contribution in [0, 0.1) is 0 Å². The van der Waals surface area contributed by atoms with Crippen molar-refractivity contribution in [3.05, 3.63) is 54.1 Å². The lowest BCUT2D eigenvalue weighted by Gasteiger charge is -2.14. The van der Waals surface area contributed by atoms with Crippen molar-refractivity contribution in [1.29, 1.82) is 0 Å². The predicted octanol–water partition coefficient (Wildman–Crippen LogP) is 3.32. The first kappa shape index (κ1) is 12.3. The number of hydrogen-bond acceptors (Lipinski definition) is 3. The molecule has 1 N–H and O–H groups in total. The van der Waals surface area contributed by atoms with Gasteiger partial charge in [0.15, 0.2) is 0 Å². The lowest BCUT2D eigenvalue weighted by Crippen LogP contribution is -2.03. The third kappa shape index (κ3) is 2.74. The van der Waals surface area contributed by atoms with Crippen molar-refractivity contribution < 1.29 is 9.47 Å². The van der Waals surface area contributed by atoms with Gasteiger partial charge in [-0.3, -0.25) is 0 Å². The van der Waals surface area contributed by atoms with Crippen molar-refractivity contribution in [1.82, 2.24) is 0 Å². The first-order chi connectivity index (χ1) is 8.85. The van der Waals surface area contributed by atoms with Crippen LogP contribution in [-0.2, 0) is 6.54 Å². The molecule has 3 heteroatoms. The Morgan fingerprint density at radius 2 is 1.44 bits per heavy atom. The molecule has 0 amide bonds. The van der Waals surface area contributed by atoms with Crippen LogP contribution in [-0.4, -0.2) is 14.2 Å². The normalized spacial score (nSPS) is 9.89. The molecule has 0 aliphatic carbocycles. The maximum absolute atomic E-state index is 5.33. The predicted molar refractivity (Wildman–Crippen MR) is 73.3 cm³/mol. The summed E-state index contributed by atoms with van der Waals surface area (Å²) in [5.74, 6) is 1.57. The van der Waals surface area contributed by atoms with Crippen LogP contribution < -0.4 is 14.8 Å². The van der Waals surface area contributed by atoms with Crippen molar-refractivity contribution >= 4 is 5.69 Å². The SMILES string of the molecule is COc1cccc(OC)c1NCc1ccccc1. The molecular weight excluding hydrogens is 226 g/mol. The summed E-state index contributed by atoms with van der Waals surface area (Å²) in [5, 5.41) is 3.35. The summed E-state index contributed by atoms with van der Waals surface area (Å²) in [6, 6.07) is 15.9. The zero-order valence-electron chi connectivity index (χ0n) is 10.6. The molecule has 0 radical (unpaired) electrons. The molecular formula is C15H17NO2. The zero-order chi connectivity index (χ0) is 12.8. The first-order valence-electron chi connectivity index (χ1n) is 5.84. The largest absolute Gasteiger partial charge is 0.494 e. The van der Waals surface area contributed by atoms with Crippen LogP contribution in [0.15, 0.2) is 48.5 Å². The maximum atomic E-state index is 5.33. The van der Waals surface area contributed by atoms with Gasteiger partial charge in [0.2, 0.25) is 0 Å². The lowest BCUT2D eigenvalue weighted by molar-refractivity contribution is 0.397. The van der Waals surface area contributed by atoms with E-state index in [1.165, 1.54) is 5.56 Å². The van der Waals surface area contributed by atoms with Crippen LogP contribution in [0.25, 0.3) is 0 Å². The number of para-hydroxylation sites is 1. The van der Waals surface area contributed by atoms with Gasteiger partial charge in [-0.05, 0) is 17.7 Å². The number of rotatable bonds is 5. The summed E-state index contributed by atoms with van der Waals surface area (Å²) < 4.78 is 10.7. The second-order valence-corrected chi connectivity index (χ2v) is 3.88. The van der Waals surface area contributed by atoms with Crippen LogP contribution in [0.2, 0.25) is 0 Å². The van der Waals surface area contributed by atoms with E-state index in [9.17, 15) is 0 Å². The Morgan fingerprint density at radius 1 is 0.833 bits per heavy atom. The van der Waals surface area contributed by atoms with E-state index in [0.717, 1.165) is 23.7 Å². The van der Waals surface area contributed by atoms with Crippen molar-refractivity contribution in [3.8, 4) is 11.5 Å². The average Bonchev–Trinajstić information content (AvgIpc) is 2.45. The summed E-state index contributed by atoms with van der Waals surface area (Å²) in [6.45, 7) is 0.734. The van der Waals surface area contributed by atoms with E-state index in [-0.39, 0.29) is 0 Å². The van der Waals surface area contributed by atoms with Gasteiger partial charge in [0.25, 0.3) is 0 Å². The van der Waals surface area contributed by atoms with Crippen LogP contribution in [0.3, 0.4) is 0 Å². The Balaban J connectivity index is 2.17. The summed E-state index contributed by atoms with van der Waals surface area (Å²) in [6.07, 6.45) is 0. The molecule has 0 spiro atoms. The third-order valence-corrected chi connectivity index (χ3v) is 2.74. The molecule has 0 aliphatic heterocycles. The molecule has 3 nitrogen and oxygen atoms in total. The molecule has 0 aromatic heterocycles. The smallest absolute Gasteiger partial charge is 0.145 e. The van der Waals surface area contributed by atoms with Gasteiger partial charge >= 0.3 is 0 Å². The second kappa shape index (κ2) is 5.96. The van der Waals surface area contributed by atoms with Gasteiger partial charge in [0.1, 0.15) is 17.2 Å². The fourth-order valence-electron chi connectivity index (χ4n) is 1.81. The first-order valence-corrected chi connectivity index (χ1v) is 5.84. The van der Waals surface area contributed by atoms with Crippen LogP contribution in [0.4, 0.5) is 5.69 Å². The van der Waals surface area contributed by atoms with E-state index in [0.29, 0.717) is 0 Å². The number of nitrogens with one attached hydrogen (secondary N) is 1. The second-order valence-electron chi connectivity index (χ2n) is 3.88. The Labute approximate surface area is 107 Å². The minimum Gasteiger partial charge on any atom is -0.494 e. The summed E-state index contributed by atoms with van der Waals surface area (Å²) >= 11 is 0. The molecule has 0 unspecified atom stereocenters. The molecule has 0 aliphatic rings. The molecule has 2 aromatic carbocycles. The number of anilines is 1. The van der Waals surface area contributed by atoms with Gasteiger partial charge in [-0.15, -0.1) is 0 Å². The molecule has 2 rings (SSSR count). The maximum Gasteiger partial charge on any atom is 0.145 e. The van der Waals surface area contributed by atoms with Gasteiger partial charge in [-0.1, -0.05) is 36.4 Å². The molecule has 2 aromatic rings. The van der Waals surface area contributed by atoms with Crippen LogP contribution in [0.1, 0.15) is 5.56 Å². The van der Waals surface area contributed by atoms with Crippen molar-refractivity contribution in [3.63, 3.8) is 0 Å². The topological polar surface area (TPSA) is 30.5 Å². The molecule has 18 heavy (non-hydrogen) atoms. The van der Waals surface area contributed by atoms with E-state index in [1.807, 2.05) is 36.4 Å². The van der Waals surface area contributed by atoms with E-state index < -0.39 is 0 Å². The molecule has 0 saturated heterocycles. The highest BCUT2D eigenvalue weighted by Gasteiger charge is 2.08. The summed E-state index contributed by atoms with van der Waals surface area (Å²) in [7, 11) is 3.31. The lowest BCUT2D eigenvalue weighted by atomic mass is 10.2. The Kier molecular flexibility index (Phi) is 4.07. The van der Waals surface area contributed by atoms with Crippen molar-refractivity contribution in [2.75, 3.05) is 19.5 Å². The molecule has 0 saturated carbocycles. The molecule has 0 atom stereocenters. The highest BCUT2D eigenvalue weighted by molar-refractivity contribution is 5.66. The number of benzene rings is 2. The van der Waals surface area contributed by atoms with Crippen LogP contribution in [0.5, 0.6) is 11.5 Å². The summed E-state index contributed by atoms with van der Waals surface area (Å²) in [5.41, 5.74) is 2.09. The van der Waals surface area contributed by atoms with E-state index in [2.05, 4.69) is 17.4 Å². The highest BCUT2D eigenvalue weighted by Crippen LogP contribution is 2.34. The number of hydrogen-bond donors (Lipinski definition) is 1. The zero-order valence-corrected chi connectivity index (χ0v) is 10.6. The minimum atomic E-state index is 0.734. The van der Waals surface area contributed by atoms with Crippen molar-refractivity contribution in [2.24, 2.45) is 0 Å². The number of ether oxygens (including phenoxy) is 2. The molecule has 0 bridgehead atoms. The standard InChI is InChI=1S/C15H17NO2/c1-17-13-9-6-10-14(18-2)15(13)16-11-12-7-4-3-5-8-12/h3-10,16H,11H2,1-2H3.